The van der Waals surface area contributed by atoms with Crippen LogP contribution in [0.15, 0.2) is 0 Å². The molecule has 0 rings (SSSR count). The van der Waals surface area contributed by atoms with Gasteiger partial charge in [0.05, 0.1) is 11.4 Å². The van der Waals surface area contributed by atoms with Crippen LogP contribution in [0.1, 0.15) is 0 Å². The quantitative estimate of drug-likeness (QED) is 0.382. The molecule has 0 bridgehead atoms. The van der Waals surface area contributed by atoms with E-state index >= 15 is 0 Å². The smallest absolute Gasteiger partial charge is 1.00 e. The molecule has 8 heteroatoms. The molecule has 3 nitrogen and oxygen atoms in total. The van der Waals surface area contributed by atoms with Crippen molar-refractivity contribution in [2.24, 2.45) is 0 Å². The van der Waals surface area contributed by atoms with Crippen molar-refractivity contribution in [2.75, 3.05) is 0 Å². The fourth-order valence-corrected chi connectivity index (χ4v) is 0. The number of halogens is 2. The third-order valence-corrected chi connectivity index (χ3v) is 0. The molecule has 0 fully saturated rings. The maximum atomic E-state index is 8.56. The summed E-state index contributed by atoms with van der Waals surface area (Å²) >= 11 is -2.10. The van der Waals surface area contributed by atoms with Crippen LogP contribution in [-0.4, -0.2) is 13.3 Å². The van der Waals surface area contributed by atoms with Gasteiger partial charge in [-0.25, -0.2) is 4.21 Å². The Balaban J connectivity index is -0.0000000575. The Morgan fingerprint density at radius 2 is 1.62 bits per heavy atom. The average Bonchev–Trinajstić information content (AvgIpc) is 1.33. The maximum Gasteiger partial charge on any atom is 1.00 e. The van der Waals surface area contributed by atoms with E-state index in [9.17, 15) is 0 Å². The zero-order valence-electron chi connectivity index (χ0n) is 3.73. The molecule has 0 aliphatic heterocycles. The van der Waals surface area contributed by atoms with Gasteiger partial charge >= 0.3 is 62.9 Å². The summed E-state index contributed by atoms with van der Waals surface area (Å²) in [5, 5.41) is 0. The van der Waals surface area contributed by atoms with Crippen LogP contribution in [0.2, 0.25) is 0 Å². The standard InChI is InChI=1S/2ClH.Cu.Na.H2O3S/c;;;;1-4(2)3/h2*1H;;;(H2,1,2,3)/q;;+2;+1;/p-3. The maximum absolute atomic E-state index is 8.56. The van der Waals surface area contributed by atoms with Crippen molar-refractivity contribution in [3.63, 3.8) is 0 Å². The van der Waals surface area contributed by atoms with Crippen molar-refractivity contribution in [3.05, 3.63) is 0 Å². The summed E-state index contributed by atoms with van der Waals surface area (Å²) in [4.78, 5) is 0. The van der Waals surface area contributed by atoms with Gasteiger partial charge in [-0.3, -0.25) is 0 Å². The molecule has 0 radical (unpaired) electrons. The SMILES string of the molecule is O=S([O-])O.[Cl][Cu][Cl].[Na+]. The van der Waals surface area contributed by atoms with Gasteiger partial charge in [0.15, 0.2) is 0 Å². The third-order valence-electron chi connectivity index (χ3n) is 0. The van der Waals surface area contributed by atoms with Gasteiger partial charge in [-0.2, -0.15) is 0 Å². The van der Waals surface area contributed by atoms with Crippen LogP contribution in [0.4, 0.5) is 0 Å². The van der Waals surface area contributed by atoms with Gasteiger partial charge < -0.3 is 9.11 Å². The zero-order chi connectivity index (χ0) is 6.28. The fourth-order valence-electron chi connectivity index (χ4n) is 0. The second kappa shape index (κ2) is 16.1. The van der Waals surface area contributed by atoms with Gasteiger partial charge in [0.2, 0.25) is 0 Å². The first-order chi connectivity index (χ1) is 3.15. The minimum absolute atomic E-state index is 0. The van der Waals surface area contributed by atoms with E-state index < -0.39 is 11.4 Å². The van der Waals surface area contributed by atoms with E-state index in [2.05, 4.69) is 20.2 Å². The van der Waals surface area contributed by atoms with E-state index in [0.29, 0.717) is 0 Å². The normalized spacial score (nSPS) is 10.5. The van der Waals surface area contributed by atoms with Crippen LogP contribution in [0.5, 0.6) is 0 Å². The average molecular weight is 239 g/mol. The molecule has 0 aliphatic rings. The third kappa shape index (κ3) is 89.2. The van der Waals surface area contributed by atoms with Crippen LogP contribution in [0.3, 0.4) is 0 Å². The van der Waals surface area contributed by atoms with E-state index in [1.54, 1.807) is 0 Å². The van der Waals surface area contributed by atoms with Crippen molar-refractivity contribution >= 4 is 31.6 Å². The topological polar surface area (TPSA) is 60.4 Å². The van der Waals surface area contributed by atoms with Crippen LogP contribution >= 0.6 is 20.2 Å². The van der Waals surface area contributed by atoms with E-state index in [4.69, 9.17) is 13.3 Å². The summed E-state index contributed by atoms with van der Waals surface area (Å²) in [6, 6.07) is 0. The first kappa shape index (κ1) is 16.6. The molecule has 0 aliphatic carbocycles. The Kier molecular flexibility index (Phi) is 33.4. The van der Waals surface area contributed by atoms with Crippen molar-refractivity contribution < 1.29 is 56.0 Å². The van der Waals surface area contributed by atoms with Crippen molar-refractivity contribution in [3.8, 4) is 0 Å². The molecular formula is HCl2CuNaO3S. The van der Waals surface area contributed by atoms with E-state index in [0.717, 1.165) is 13.1 Å². The largest absolute Gasteiger partial charge is 1.00 e. The predicted octanol–water partition coefficient (Wildman–Crippen LogP) is -2.28. The van der Waals surface area contributed by atoms with Gasteiger partial charge in [-0.15, -0.1) is 0 Å². The summed E-state index contributed by atoms with van der Waals surface area (Å²) in [7, 11) is 9.34. The Labute approximate surface area is 86.5 Å². The summed E-state index contributed by atoms with van der Waals surface area (Å²) in [5.41, 5.74) is 0. The van der Waals surface area contributed by atoms with Crippen molar-refractivity contribution in [1.82, 2.24) is 0 Å². The zero-order valence-corrected chi connectivity index (χ0v) is 9.00. The molecule has 0 aromatic heterocycles. The number of hydrogen-bond acceptors (Lipinski definition) is 2. The van der Waals surface area contributed by atoms with Crippen molar-refractivity contribution in [1.29, 1.82) is 0 Å². The Bertz CT molecular complexity index is 48.5. The molecule has 1 atom stereocenters. The van der Waals surface area contributed by atoms with Gasteiger partial charge in [-0.1, -0.05) is 0 Å². The second-order valence-corrected chi connectivity index (χ2v) is 2.25. The molecule has 0 spiro atoms. The molecule has 0 heterocycles. The van der Waals surface area contributed by atoms with E-state index in [1.165, 1.54) is 0 Å². The Hall–Kier alpha value is 2.17. The molecule has 0 saturated heterocycles. The minimum atomic E-state index is -2.86. The first-order valence-electron chi connectivity index (χ1n) is 0.744. The summed E-state index contributed by atoms with van der Waals surface area (Å²) < 4.78 is 24.1. The first-order valence-corrected chi connectivity index (χ1v) is 4.37. The molecule has 0 saturated carbocycles. The molecule has 1 N–H and O–H groups in total. The summed E-state index contributed by atoms with van der Waals surface area (Å²) in [6.45, 7) is 0. The van der Waals surface area contributed by atoms with Crippen molar-refractivity contribution in [2.45, 2.75) is 0 Å². The molecular weight excluding hydrogens is 238 g/mol. The van der Waals surface area contributed by atoms with Gasteiger partial charge in [0.1, 0.15) is 0 Å². The number of rotatable bonds is 0. The molecule has 0 amide bonds. The molecule has 51 valence electrons. The van der Waals surface area contributed by atoms with E-state index in [-0.39, 0.29) is 29.6 Å². The molecule has 0 aromatic carbocycles. The molecule has 1 unspecified atom stereocenters. The van der Waals surface area contributed by atoms with Crippen LogP contribution in [0, 0.1) is 0 Å². The summed E-state index contributed by atoms with van der Waals surface area (Å²) in [5.74, 6) is 0. The van der Waals surface area contributed by atoms with E-state index in [1.807, 2.05) is 0 Å². The van der Waals surface area contributed by atoms with Gasteiger partial charge in [-0.05, 0) is 0 Å². The number of hydrogen-bond donors (Lipinski definition) is 1. The predicted molar refractivity (Wildman–Crippen MR) is 23.3 cm³/mol. The molecule has 0 aromatic rings. The monoisotopic (exact) mass is 237 g/mol. The fraction of sp³-hybridized carbons (Fsp3) is 0. The second-order valence-electron chi connectivity index (χ2n) is 0.260. The molecule has 8 heavy (non-hydrogen) atoms. The Morgan fingerprint density at radius 3 is 1.62 bits per heavy atom. The van der Waals surface area contributed by atoms with Crippen LogP contribution in [-0.2, 0) is 24.5 Å². The summed E-state index contributed by atoms with van der Waals surface area (Å²) in [6.07, 6.45) is 0. The minimum Gasteiger partial charge on any atom is 1.00 e. The Morgan fingerprint density at radius 1 is 1.62 bits per heavy atom. The van der Waals surface area contributed by atoms with Gasteiger partial charge in [0.25, 0.3) is 0 Å². The van der Waals surface area contributed by atoms with Gasteiger partial charge in [0, 0.05) is 0 Å². The van der Waals surface area contributed by atoms with Crippen LogP contribution < -0.4 is 29.6 Å². The van der Waals surface area contributed by atoms with Crippen LogP contribution in [0.25, 0.3) is 0 Å².